The van der Waals surface area contributed by atoms with Crippen molar-refractivity contribution in [2.24, 2.45) is 11.1 Å². The van der Waals surface area contributed by atoms with Gasteiger partial charge in [0.1, 0.15) is 0 Å². The van der Waals surface area contributed by atoms with Crippen LogP contribution in [-0.4, -0.2) is 16.3 Å². The molecule has 1 heterocycles. The molecule has 0 aromatic carbocycles. The highest BCUT2D eigenvalue weighted by atomic mass is 35.5. The molecule has 0 amide bonds. The molecule has 1 aliphatic rings. The standard InChI is InChI=1S/C13H19ClN2S/c1-13(2)6-5-10(15)11(7-13)17-12-4-3-9(14)8-16-12/h3-4,8,10-11H,5-7,15H2,1-2H3. The summed E-state index contributed by atoms with van der Waals surface area (Å²) in [5, 5.41) is 2.17. The molecular weight excluding hydrogens is 252 g/mol. The third-order valence-electron chi connectivity index (χ3n) is 3.36. The number of thioether (sulfide) groups is 1. The van der Waals surface area contributed by atoms with Gasteiger partial charge in [-0.1, -0.05) is 25.4 Å². The topological polar surface area (TPSA) is 38.9 Å². The summed E-state index contributed by atoms with van der Waals surface area (Å²) in [7, 11) is 0. The van der Waals surface area contributed by atoms with Gasteiger partial charge < -0.3 is 5.73 Å². The van der Waals surface area contributed by atoms with Crippen molar-refractivity contribution in [2.75, 3.05) is 0 Å². The van der Waals surface area contributed by atoms with Crippen LogP contribution in [0.4, 0.5) is 0 Å². The zero-order valence-corrected chi connectivity index (χ0v) is 11.9. The third kappa shape index (κ3) is 3.60. The Bertz CT molecular complexity index is 378. The van der Waals surface area contributed by atoms with Gasteiger partial charge in [0.05, 0.1) is 10.0 Å². The Morgan fingerprint density at radius 1 is 1.47 bits per heavy atom. The minimum Gasteiger partial charge on any atom is -0.327 e. The van der Waals surface area contributed by atoms with E-state index >= 15 is 0 Å². The Morgan fingerprint density at radius 3 is 2.88 bits per heavy atom. The predicted octanol–water partition coefficient (Wildman–Crippen LogP) is 3.73. The van der Waals surface area contributed by atoms with Crippen molar-refractivity contribution in [1.82, 2.24) is 4.98 Å². The first-order valence-corrected chi connectivity index (χ1v) is 7.26. The number of aromatic nitrogens is 1. The van der Waals surface area contributed by atoms with Crippen LogP contribution in [0.25, 0.3) is 0 Å². The van der Waals surface area contributed by atoms with E-state index in [4.69, 9.17) is 17.3 Å². The Morgan fingerprint density at radius 2 is 2.24 bits per heavy atom. The molecule has 2 rings (SSSR count). The first-order valence-electron chi connectivity index (χ1n) is 6.00. The van der Waals surface area contributed by atoms with Crippen LogP contribution in [0.2, 0.25) is 5.02 Å². The van der Waals surface area contributed by atoms with Crippen molar-refractivity contribution in [1.29, 1.82) is 0 Å². The molecule has 0 bridgehead atoms. The smallest absolute Gasteiger partial charge is 0.0964 e. The first kappa shape index (κ1) is 13.2. The number of nitrogens with zero attached hydrogens (tertiary/aromatic N) is 1. The molecule has 2 unspecified atom stereocenters. The molecule has 2 atom stereocenters. The van der Waals surface area contributed by atoms with Crippen LogP contribution in [0.15, 0.2) is 23.4 Å². The van der Waals surface area contributed by atoms with Crippen molar-refractivity contribution < 1.29 is 0 Å². The van der Waals surface area contributed by atoms with Crippen LogP contribution in [0.5, 0.6) is 0 Å². The molecular formula is C13H19ClN2S. The number of pyridine rings is 1. The Hall–Kier alpha value is -0.250. The molecule has 1 aliphatic carbocycles. The van der Waals surface area contributed by atoms with Gasteiger partial charge in [-0.15, -0.1) is 11.8 Å². The highest BCUT2D eigenvalue weighted by Gasteiger charge is 2.33. The average Bonchev–Trinajstić information content (AvgIpc) is 2.26. The van der Waals surface area contributed by atoms with Crippen LogP contribution in [0.3, 0.4) is 0 Å². The van der Waals surface area contributed by atoms with Crippen LogP contribution >= 0.6 is 23.4 Å². The second-order valence-electron chi connectivity index (χ2n) is 5.54. The number of nitrogens with two attached hydrogens (primary N) is 1. The number of hydrogen-bond donors (Lipinski definition) is 1. The molecule has 0 aliphatic heterocycles. The van der Waals surface area contributed by atoms with E-state index in [2.05, 4.69) is 18.8 Å². The van der Waals surface area contributed by atoms with Gasteiger partial charge in [0.15, 0.2) is 0 Å². The lowest BCUT2D eigenvalue weighted by Gasteiger charge is -2.38. The van der Waals surface area contributed by atoms with Crippen molar-refractivity contribution in [3.8, 4) is 0 Å². The summed E-state index contributed by atoms with van der Waals surface area (Å²) in [6, 6.07) is 4.14. The fourth-order valence-electron chi connectivity index (χ4n) is 2.26. The maximum Gasteiger partial charge on any atom is 0.0964 e. The normalized spacial score (nSPS) is 28.0. The molecule has 1 aromatic heterocycles. The van der Waals surface area contributed by atoms with Crippen LogP contribution in [-0.2, 0) is 0 Å². The Balaban J connectivity index is 2.04. The van der Waals surface area contributed by atoms with Gasteiger partial charge in [-0.25, -0.2) is 4.98 Å². The molecule has 0 spiro atoms. The second kappa shape index (κ2) is 5.17. The van der Waals surface area contributed by atoms with Crippen molar-refractivity contribution in [3.63, 3.8) is 0 Å². The molecule has 94 valence electrons. The zero-order chi connectivity index (χ0) is 12.5. The first-order chi connectivity index (χ1) is 7.96. The number of rotatable bonds is 2. The maximum absolute atomic E-state index is 6.20. The van der Waals surface area contributed by atoms with E-state index in [9.17, 15) is 0 Å². The molecule has 1 fully saturated rings. The lowest BCUT2D eigenvalue weighted by atomic mass is 9.75. The fourth-order valence-corrected chi connectivity index (χ4v) is 3.79. The van der Waals surface area contributed by atoms with Crippen molar-refractivity contribution in [2.45, 2.75) is 49.4 Å². The van der Waals surface area contributed by atoms with Crippen LogP contribution < -0.4 is 5.73 Å². The van der Waals surface area contributed by atoms with E-state index in [0.717, 1.165) is 17.9 Å². The maximum atomic E-state index is 6.20. The Kier molecular flexibility index (Phi) is 4.01. The van der Waals surface area contributed by atoms with E-state index in [0.29, 0.717) is 15.7 Å². The summed E-state index contributed by atoms with van der Waals surface area (Å²) >= 11 is 7.62. The number of hydrogen-bond acceptors (Lipinski definition) is 3. The zero-order valence-electron chi connectivity index (χ0n) is 10.3. The highest BCUT2D eigenvalue weighted by Crippen LogP contribution is 2.41. The van der Waals surface area contributed by atoms with E-state index in [1.807, 2.05) is 12.1 Å². The van der Waals surface area contributed by atoms with E-state index in [-0.39, 0.29) is 6.04 Å². The van der Waals surface area contributed by atoms with Gasteiger partial charge in [-0.05, 0) is 36.8 Å². The quantitative estimate of drug-likeness (QED) is 0.890. The highest BCUT2D eigenvalue weighted by molar-refractivity contribution is 7.99. The van der Waals surface area contributed by atoms with Crippen LogP contribution in [0.1, 0.15) is 33.1 Å². The minimum absolute atomic E-state index is 0.283. The summed E-state index contributed by atoms with van der Waals surface area (Å²) in [6.45, 7) is 4.64. The Labute approximate surface area is 112 Å². The third-order valence-corrected chi connectivity index (χ3v) is 4.88. The summed E-state index contributed by atoms with van der Waals surface area (Å²) in [5.41, 5.74) is 6.61. The molecule has 4 heteroatoms. The van der Waals surface area contributed by atoms with Crippen molar-refractivity contribution in [3.05, 3.63) is 23.4 Å². The number of halogens is 1. The predicted molar refractivity (Wildman–Crippen MR) is 74.5 cm³/mol. The van der Waals surface area contributed by atoms with Gasteiger partial charge in [0, 0.05) is 17.5 Å². The monoisotopic (exact) mass is 270 g/mol. The average molecular weight is 271 g/mol. The van der Waals surface area contributed by atoms with E-state index in [1.165, 1.54) is 6.42 Å². The van der Waals surface area contributed by atoms with Gasteiger partial charge in [-0.3, -0.25) is 0 Å². The van der Waals surface area contributed by atoms with E-state index < -0.39 is 0 Å². The lowest BCUT2D eigenvalue weighted by Crippen LogP contribution is -2.41. The molecule has 0 saturated heterocycles. The lowest BCUT2D eigenvalue weighted by molar-refractivity contribution is 0.232. The molecule has 0 radical (unpaired) electrons. The fraction of sp³-hybridized carbons (Fsp3) is 0.615. The van der Waals surface area contributed by atoms with Crippen molar-refractivity contribution >= 4 is 23.4 Å². The molecule has 2 N–H and O–H groups in total. The van der Waals surface area contributed by atoms with Gasteiger partial charge in [0.25, 0.3) is 0 Å². The van der Waals surface area contributed by atoms with Crippen LogP contribution in [0, 0.1) is 5.41 Å². The van der Waals surface area contributed by atoms with Gasteiger partial charge in [-0.2, -0.15) is 0 Å². The molecule has 2 nitrogen and oxygen atoms in total. The van der Waals surface area contributed by atoms with Gasteiger partial charge >= 0.3 is 0 Å². The minimum atomic E-state index is 0.283. The molecule has 1 aromatic rings. The largest absolute Gasteiger partial charge is 0.327 e. The SMILES string of the molecule is CC1(C)CCC(N)C(Sc2ccc(Cl)cn2)C1. The molecule has 1 saturated carbocycles. The molecule has 17 heavy (non-hydrogen) atoms. The summed E-state index contributed by atoms with van der Waals surface area (Å²) in [6.07, 6.45) is 5.18. The summed E-state index contributed by atoms with van der Waals surface area (Å²) in [4.78, 5) is 4.33. The summed E-state index contributed by atoms with van der Waals surface area (Å²) in [5.74, 6) is 0. The second-order valence-corrected chi connectivity index (χ2v) is 7.24. The van der Waals surface area contributed by atoms with E-state index in [1.54, 1.807) is 18.0 Å². The van der Waals surface area contributed by atoms with Gasteiger partial charge in [0.2, 0.25) is 0 Å². The summed E-state index contributed by atoms with van der Waals surface area (Å²) < 4.78 is 0.